The Morgan fingerprint density at radius 2 is 2.08 bits per heavy atom. The molecule has 0 unspecified atom stereocenters. The molecule has 0 aliphatic carbocycles. The molecule has 0 saturated carbocycles. The summed E-state index contributed by atoms with van der Waals surface area (Å²) in [5, 5.41) is 10.0. The van der Waals surface area contributed by atoms with Crippen molar-refractivity contribution in [2.24, 2.45) is 0 Å². The van der Waals surface area contributed by atoms with Crippen molar-refractivity contribution in [1.82, 2.24) is 4.57 Å². The van der Waals surface area contributed by atoms with Crippen LogP contribution in [0.5, 0.6) is 0 Å². The maximum Gasteiger partial charge on any atom is 0.338 e. The topological polar surface area (TPSA) is 55.0 Å². The van der Waals surface area contributed by atoms with Gasteiger partial charge in [0.25, 0.3) is 0 Å². The fourth-order valence-electron chi connectivity index (χ4n) is 2.69. The van der Waals surface area contributed by atoms with Gasteiger partial charge in [0.05, 0.1) is 23.3 Å². The van der Waals surface area contributed by atoms with E-state index in [0.717, 1.165) is 0 Å². The van der Waals surface area contributed by atoms with Gasteiger partial charge in [-0.2, -0.15) is 5.26 Å². The second-order valence-corrected chi connectivity index (χ2v) is 5.39. The summed E-state index contributed by atoms with van der Waals surface area (Å²) in [6, 6.07) is 11.9. The molecule has 0 aliphatic rings. The number of halogens is 1. The molecular weight excluding hydrogens is 319 g/mol. The molecule has 0 fully saturated rings. The Labute approximate surface area is 144 Å². The lowest BCUT2D eigenvalue weighted by molar-refractivity contribution is 0.0526. The maximum absolute atomic E-state index is 14.2. The fraction of sp³-hybridized carbons (Fsp3) is 0.100. The van der Waals surface area contributed by atoms with Crippen molar-refractivity contribution in [3.8, 4) is 11.8 Å². The summed E-state index contributed by atoms with van der Waals surface area (Å²) in [5.41, 5.74) is 2.50. The maximum atomic E-state index is 14.2. The molecule has 124 valence electrons. The summed E-state index contributed by atoms with van der Waals surface area (Å²) in [5.74, 6) is -0.805. The van der Waals surface area contributed by atoms with Gasteiger partial charge in [0, 0.05) is 22.8 Å². The molecule has 0 N–H and O–H groups in total. The second kappa shape index (κ2) is 6.62. The first-order valence-corrected chi connectivity index (χ1v) is 7.73. The number of carbonyl (C=O) groups is 1. The molecule has 0 amide bonds. The fourth-order valence-corrected chi connectivity index (χ4v) is 2.69. The van der Waals surface area contributed by atoms with Gasteiger partial charge in [0.15, 0.2) is 0 Å². The third-order valence-electron chi connectivity index (χ3n) is 3.92. The zero-order valence-electron chi connectivity index (χ0n) is 13.6. The van der Waals surface area contributed by atoms with Gasteiger partial charge >= 0.3 is 5.97 Å². The zero-order chi connectivity index (χ0) is 18.0. The van der Waals surface area contributed by atoms with Crippen molar-refractivity contribution in [2.45, 2.75) is 6.92 Å². The number of ether oxygens (including phenoxy) is 1. The predicted molar refractivity (Wildman–Crippen MR) is 94.0 cm³/mol. The van der Waals surface area contributed by atoms with Crippen LogP contribution >= 0.6 is 0 Å². The first kappa shape index (κ1) is 16.5. The van der Waals surface area contributed by atoms with Crippen molar-refractivity contribution in [3.05, 3.63) is 71.7 Å². The average Bonchev–Trinajstić information content (AvgIpc) is 2.98. The minimum absolute atomic E-state index is 0.305. The normalized spacial score (nSPS) is 10.4. The Balaban J connectivity index is 2.13. The van der Waals surface area contributed by atoms with Crippen LogP contribution in [0.4, 0.5) is 4.39 Å². The number of nitrogens with zero attached hydrogens (tertiary/aromatic N) is 2. The smallest absolute Gasteiger partial charge is 0.338 e. The summed E-state index contributed by atoms with van der Waals surface area (Å²) in [4.78, 5) is 11.7. The monoisotopic (exact) mass is 334 g/mol. The largest absolute Gasteiger partial charge is 0.462 e. The van der Waals surface area contributed by atoms with Crippen molar-refractivity contribution in [1.29, 1.82) is 5.26 Å². The quantitative estimate of drug-likeness (QED) is 0.662. The van der Waals surface area contributed by atoms with Crippen LogP contribution in [0.15, 0.2) is 49.2 Å². The standard InChI is InChI=1S/C20H15FN2O2/c1-3-13-9-17-15(11-22)12-23(19(17)10-18(13)21)16-7-5-14(6-8-16)20(24)25-4-2/h3,5-10,12H,1,4H2,2H3. The number of hydrogen-bond acceptors (Lipinski definition) is 3. The zero-order valence-corrected chi connectivity index (χ0v) is 13.6. The number of rotatable bonds is 4. The lowest BCUT2D eigenvalue weighted by atomic mass is 10.1. The van der Waals surface area contributed by atoms with Gasteiger partial charge in [-0.3, -0.25) is 0 Å². The molecular formula is C20H15FN2O2. The SMILES string of the molecule is C=Cc1cc2c(C#N)cn(-c3ccc(C(=O)OCC)cc3)c2cc1F. The van der Waals surface area contributed by atoms with Gasteiger partial charge in [-0.05, 0) is 43.3 Å². The number of carbonyl (C=O) groups excluding carboxylic acids is 1. The van der Waals surface area contributed by atoms with E-state index in [1.165, 1.54) is 12.1 Å². The van der Waals surface area contributed by atoms with Crippen LogP contribution in [0.1, 0.15) is 28.4 Å². The van der Waals surface area contributed by atoms with Gasteiger partial charge in [-0.25, -0.2) is 9.18 Å². The Kier molecular flexibility index (Phi) is 4.36. The molecule has 0 spiro atoms. The van der Waals surface area contributed by atoms with E-state index in [-0.39, 0.29) is 0 Å². The molecule has 4 nitrogen and oxygen atoms in total. The Morgan fingerprint density at radius 3 is 2.68 bits per heavy atom. The van der Waals surface area contributed by atoms with Crippen LogP contribution in [0.3, 0.4) is 0 Å². The molecule has 0 radical (unpaired) electrons. The van der Waals surface area contributed by atoms with E-state index in [1.807, 2.05) is 0 Å². The number of hydrogen-bond donors (Lipinski definition) is 0. The lowest BCUT2D eigenvalue weighted by Crippen LogP contribution is -2.04. The van der Waals surface area contributed by atoms with Crippen molar-refractivity contribution >= 4 is 22.9 Å². The minimum Gasteiger partial charge on any atom is -0.462 e. The van der Waals surface area contributed by atoms with Gasteiger partial charge in [0.1, 0.15) is 11.9 Å². The average molecular weight is 334 g/mol. The third-order valence-corrected chi connectivity index (χ3v) is 3.92. The Morgan fingerprint density at radius 1 is 1.36 bits per heavy atom. The Bertz CT molecular complexity index is 1010. The Hall–Kier alpha value is -3.39. The summed E-state index contributed by atoms with van der Waals surface area (Å²) >= 11 is 0. The molecule has 1 aromatic heterocycles. The van der Waals surface area contributed by atoms with E-state index in [4.69, 9.17) is 4.74 Å². The van der Waals surface area contributed by atoms with Gasteiger partial charge < -0.3 is 9.30 Å². The van der Waals surface area contributed by atoms with E-state index in [9.17, 15) is 14.4 Å². The molecule has 25 heavy (non-hydrogen) atoms. The van der Waals surface area contributed by atoms with Crippen LogP contribution < -0.4 is 0 Å². The highest BCUT2D eigenvalue weighted by Gasteiger charge is 2.14. The summed E-state index contributed by atoms with van der Waals surface area (Å²) < 4.78 is 20.8. The number of esters is 1. The van der Waals surface area contributed by atoms with E-state index in [0.29, 0.717) is 39.9 Å². The van der Waals surface area contributed by atoms with Crippen molar-refractivity contribution in [2.75, 3.05) is 6.61 Å². The molecule has 1 heterocycles. The van der Waals surface area contributed by atoms with Crippen LogP contribution in [-0.4, -0.2) is 17.1 Å². The number of fused-ring (bicyclic) bond motifs is 1. The van der Waals surface area contributed by atoms with Crippen LogP contribution in [0.2, 0.25) is 0 Å². The van der Waals surface area contributed by atoms with Crippen LogP contribution in [-0.2, 0) is 4.74 Å². The van der Waals surface area contributed by atoms with Gasteiger partial charge in [-0.15, -0.1) is 0 Å². The number of benzene rings is 2. The first-order chi connectivity index (χ1) is 12.1. The van der Waals surface area contributed by atoms with Gasteiger partial charge in [0.2, 0.25) is 0 Å². The highest BCUT2D eigenvalue weighted by atomic mass is 19.1. The van der Waals surface area contributed by atoms with E-state index in [2.05, 4.69) is 12.6 Å². The van der Waals surface area contributed by atoms with Crippen LogP contribution in [0.25, 0.3) is 22.7 Å². The molecule has 0 aliphatic heterocycles. The summed E-state index contributed by atoms with van der Waals surface area (Å²) in [6.45, 7) is 5.64. The number of aromatic nitrogens is 1. The molecule has 5 heteroatoms. The highest BCUT2D eigenvalue weighted by molar-refractivity contribution is 5.91. The van der Waals surface area contributed by atoms with E-state index in [1.54, 1.807) is 48.0 Å². The van der Waals surface area contributed by atoms with E-state index >= 15 is 0 Å². The summed E-state index contributed by atoms with van der Waals surface area (Å²) in [6.07, 6.45) is 3.07. The summed E-state index contributed by atoms with van der Waals surface area (Å²) in [7, 11) is 0. The highest BCUT2D eigenvalue weighted by Crippen LogP contribution is 2.28. The van der Waals surface area contributed by atoms with Crippen molar-refractivity contribution < 1.29 is 13.9 Å². The van der Waals surface area contributed by atoms with Gasteiger partial charge in [-0.1, -0.05) is 12.7 Å². The van der Waals surface area contributed by atoms with E-state index < -0.39 is 11.8 Å². The molecule has 3 rings (SSSR count). The lowest BCUT2D eigenvalue weighted by Gasteiger charge is -2.07. The van der Waals surface area contributed by atoms with Crippen molar-refractivity contribution in [3.63, 3.8) is 0 Å². The first-order valence-electron chi connectivity index (χ1n) is 7.73. The molecule has 2 aromatic carbocycles. The predicted octanol–water partition coefficient (Wildman–Crippen LogP) is 4.46. The minimum atomic E-state index is -0.408. The number of nitriles is 1. The molecule has 0 atom stereocenters. The molecule has 3 aromatic rings. The second-order valence-electron chi connectivity index (χ2n) is 5.39. The van der Waals surface area contributed by atoms with Crippen LogP contribution in [0, 0.1) is 17.1 Å². The molecule has 0 bridgehead atoms. The molecule has 0 saturated heterocycles. The third kappa shape index (κ3) is 2.90.